The van der Waals surface area contributed by atoms with Gasteiger partial charge in [-0.05, 0) is 0 Å². The van der Waals surface area contributed by atoms with Gasteiger partial charge in [-0.15, -0.1) is 0 Å². The van der Waals surface area contributed by atoms with Gasteiger partial charge in [-0.25, -0.2) is 0 Å². The van der Waals surface area contributed by atoms with E-state index in [4.69, 9.17) is 4.74 Å². The fraction of sp³-hybridized carbons (Fsp3) is 0.462. The molecule has 0 amide bonds. The molecule has 3 heteroatoms. The summed E-state index contributed by atoms with van der Waals surface area (Å²) in [6.45, 7) is 4.40. The summed E-state index contributed by atoms with van der Waals surface area (Å²) in [6, 6.07) is 10.5. The van der Waals surface area contributed by atoms with E-state index in [0.29, 0.717) is 21.4 Å². The van der Waals surface area contributed by atoms with Gasteiger partial charge in [0, 0.05) is 0 Å². The van der Waals surface area contributed by atoms with Crippen LogP contribution in [0.2, 0.25) is 4.31 Å². The van der Waals surface area contributed by atoms with Crippen molar-refractivity contribution in [3.8, 4) is 0 Å². The summed E-state index contributed by atoms with van der Waals surface area (Å²) in [7, 11) is 0. The minimum atomic E-state index is -0.0399. The average Bonchev–Trinajstić information content (AvgIpc) is 2.66. The summed E-state index contributed by atoms with van der Waals surface area (Å²) >= 11 is 0.337. The summed E-state index contributed by atoms with van der Waals surface area (Å²) in [5.41, 5.74) is 0. The van der Waals surface area contributed by atoms with Crippen LogP contribution in [0.15, 0.2) is 30.3 Å². The summed E-state index contributed by atoms with van der Waals surface area (Å²) in [5.74, 6) is -0.0399. The van der Waals surface area contributed by atoms with Gasteiger partial charge in [-0.3, -0.25) is 0 Å². The van der Waals surface area contributed by atoms with Crippen molar-refractivity contribution < 1.29 is 9.53 Å². The van der Waals surface area contributed by atoms with Crippen LogP contribution in [-0.2, 0) is 9.53 Å². The molecule has 1 aromatic carbocycles. The monoisotopic (exact) mass is 284 g/mol. The number of carbonyl (C=O) groups is 1. The van der Waals surface area contributed by atoms with Gasteiger partial charge in [0.1, 0.15) is 0 Å². The average molecular weight is 283 g/mol. The maximum atomic E-state index is 11.1. The molecular formula is C13H16O2Se. The second kappa shape index (κ2) is 4.60. The van der Waals surface area contributed by atoms with Crippen molar-refractivity contribution in [2.75, 3.05) is 0 Å². The van der Waals surface area contributed by atoms with Crippen LogP contribution in [-0.4, -0.2) is 27.0 Å². The normalized spacial score (nSPS) is 20.9. The Morgan fingerprint density at radius 3 is 2.56 bits per heavy atom. The first kappa shape index (κ1) is 11.7. The molecule has 0 aromatic heterocycles. The first-order valence-electron chi connectivity index (χ1n) is 5.51. The van der Waals surface area contributed by atoms with E-state index in [0.717, 1.165) is 6.42 Å². The predicted octanol–water partition coefficient (Wildman–Crippen LogP) is 1.92. The van der Waals surface area contributed by atoms with E-state index in [2.05, 4.69) is 38.1 Å². The van der Waals surface area contributed by atoms with Crippen LogP contribution < -0.4 is 4.46 Å². The van der Waals surface area contributed by atoms with Crippen molar-refractivity contribution in [2.45, 2.75) is 37.1 Å². The van der Waals surface area contributed by atoms with Crippen LogP contribution in [0.1, 0.15) is 26.7 Å². The Morgan fingerprint density at radius 2 is 2.00 bits per heavy atom. The van der Waals surface area contributed by atoms with E-state index >= 15 is 0 Å². The van der Waals surface area contributed by atoms with Gasteiger partial charge in [0.2, 0.25) is 0 Å². The SMILES string of the molecule is CC(C)([Se]c1ccccc1)C1CCC(=O)O1. The van der Waals surface area contributed by atoms with Gasteiger partial charge in [0.15, 0.2) is 0 Å². The Kier molecular flexibility index (Phi) is 3.36. The summed E-state index contributed by atoms with van der Waals surface area (Å²) in [6.07, 6.45) is 1.56. The number of cyclic esters (lactones) is 1. The molecule has 1 heterocycles. The molecule has 0 radical (unpaired) electrons. The standard InChI is InChI=1S/C13H16O2Se/c1-13(2,11-8-9-12(14)15-11)16-10-6-4-3-5-7-10/h3-7,11H,8-9H2,1-2H3. The number of carbonyl (C=O) groups excluding carboxylic acids is 1. The fourth-order valence-corrected chi connectivity index (χ4v) is 4.39. The summed E-state index contributed by atoms with van der Waals surface area (Å²) < 4.78 is 6.82. The van der Waals surface area contributed by atoms with Crippen LogP contribution in [0, 0.1) is 0 Å². The van der Waals surface area contributed by atoms with Crippen LogP contribution in [0.5, 0.6) is 0 Å². The zero-order valence-corrected chi connectivity index (χ0v) is 11.3. The third kappa shape index (κ3) is 2.66. The van der Waals surface area contributed by atoms with Crippen molar-refractivity contribution in [1.82, 2.24) is 0 Å². The molecule has 1 saturated heterocycles. The first-order chi connectivity index (χ1) is 7.58. The topological polar surface area (TPSA) is 26.3 Å². The number of rotatable bonds is 3. The molecule has 1 aliphatic rings. The molecule has 1 unspecified atom stereocenters. The minimum absolute atomic E-state index is 0.0399. The summed E-state index contributed by atoms with van der Waals surface area (Å²) in [4.78, 5) is 11.1. The second-order valence-electron chi connectivity index (χ2n) is 4.54. The second-order valence-corrected chi connectivity index (χ2v) is 8.16. The Balaban J connectivity index is 2.05. The van der Waals surface area contributed by atoms with Crippen molar-refractivity contribution in [2.24, 2.45) is 0 Å². The van der Waals surface area contributed by atoms with Crippen LogP contribution in [0.3, 0.4) is 0 Å². The molecule has 0 bridgehead atoms. The van der Waals surface area contributed by atoms with E-state index in [-0.39, 0.29) is 16.4 Å². The van der Waals surface area contributed by atoms with E-state index in [1.54, 1.807) is 0 Å². The molecule has 1 aromatic rings. The molecule has 1 atom stereocenters. The van der Waals surface area contributed by atoms with Crippen molar-refractivity contribution in [3.05, 3.63) is 30.3 Å². The number of benzene rings is 1. The molecule has 16 heavy (non-hydrogen) atoms. The third-order valence-electron chi connectivity index (χ3n) is 2.78. The molecule has 86 valence electrons. The van der Waals surface area contributed by atoms with Gasteiger partial charge < -0.3 is 0 Å². The van der Waals surface area contributed by atoms with Crippen LogP contribution in [0.4, 0.5) is 0 Å². The zero-order chi connectivity index (χ0) is 11.6. The molecule has 1 fully saturated rings. The predicted molar refractivity (Wildman–Crippen MR) is 65.0 cm³/mol. The molecular weight excluding hydrogens is 267 g/mol. The number of ether oxygens (including phenoxy) is 1. The van der Waals surface area contributed by atoms with E-state index in [9.17, 15) is 4.79 Å². The Labute approximate surface area is 103 Å². The van der Waals surface area contributed by atoms with E-state index in [1.165, 1.54) is 4.46 Å². The maximum absolute atomic E-state index is 11.1. The molecule has 2 nitrogen and oxygen atoms in total. The number of hydrogen-bond acceptors (Lipinski definition) is 2. The molecule has 0 aliphatic carbocycles. The van der Waals surface area contributed by atoms with Crippen LogP contribution >= 0.6 is 0 Å². The molecule has 0 saturated carbocycles. The first-order valence-corrected chi connectivity index (χ1v) is 7.23. The van der Waals surface area contributed by atoms with Crippen molar-refractivity contribution in [3.63, 3.8) is 0 Å². The van der Waals surface area contributed by atoms with Gasteiger partial charge in [-0.1, -0.05) is 0 Å². The van der Waals surface area contributed by atoms with Crippen molar-refractivity contribution >= 4 is 25.4 Å². The summed E-state index contributed by atoms with van der Waals surface area (Å²) in [5, 5.41) is 0. The van der Waals surface area contributed by atoms with Gasteiger partial charge in [-0.2, -0.15) is 0 Å². The van der Waals surface area contributed by atoms with Crippen LogP contribution in [0.25, 0.3) is 0 Å². The van der Waals surface area contributed by atoms with Gasteiger partial charge in [0.05, 0.1) is 0 Å². The van der Waals surface area contributed by atoms with Gasteiger partial charge >= 0.3 is 102 Å². The number of esters is 1. The van der Waals surface area contributed by atoms with E-state index < -0.39 is 0 Å². The fourth-order valence-electron chi connectivity index (χ4n) is 1.87. The third-order valence-corrected chi connectivity index (χ3v) is 5.50. The Bertz CT molecular complexity index is 373. The zero-order valence-electron chi connectivity index (χ0n) is 9.60. The molecule has 2 rings (SSSR count). The van der Waals surface area contributed by atoms with Crippen molar-refractivity contribution in [1.29, 1.82) is 0 Å². The van der Waals surface area contributed by atoms with E-state index in [1.807, 2.05) is 6.07 Å². The molecule has 0 N–H and O–H groups in total. The quantitative estimate of drug-likeness (QED) is 0.626. The Morgan fingerprint density at radius 1 is 1.31 bits per heavy atom. The Hall–Kier alpha value is -0.791. The molecule has 0 spiro atoms. The molecule has 1 aliphatic heterocycles. The number of hydrogen-bond donors (Lipinski definition) is 0. The van der Waals surface area contributed by atoms with Gasteiger partial charge in [0.25, 0.3) is 0 Å².